The predicted octanol–water partition coefficient (Wildman–Crippen LogP) is 4.27. The number of hydrogen-bond donors (Lipinski definition) is 2. The van der Waals surface area contributed by atoms with E-state index in [1.54, 1.807) is 42.5 Å². The standard InChI is InChI=1S/C15H12ClFN2O/c16-12-5-7-13(8-6-12)19-15(20)18-10-9-11-3-1-2-4-14(11)17/h1-10H,(H2,18,19,20)/b10-9+. The van der Waals surface area contributed by atoms with Gasteiger partial charge in [0.05, 0.1) is 0 Å². The first kappa shape index (κ1) is 14.1. The predicted molar refractivity (Wildman–Crippen MR) is 79.0 cm³/mol. The summed E-state index contributed by atoms with van der Waals surface area (Å²) in [4.78, 5) is 11.6. The number of anilines is 1. The Kier molecular flexibility index (Phi) is 4.74. The van der Waals surface area contributed by atoms with Gasteiger partial charge < -0.3 is 10.6 Å². The van der Waals surface area contributed by atoms with Gasteiger partial charge in [0.2, 0.25) is 0 Å². The zero-order chi connectivity index (χ0) is 14.4. The van der Waals surface area contributed by atoms with Crippen LogP contribution >= 0.6 is 11.6 Å². The maximum Gasteiger partial charge on any atom is 0.323 e. The molecular weight excluding hydrogens is 279 g/mol. The summed E-state index contributed by atoms with van der Waals surface area (Å²) in [5.74, 6) is -0.344. The summed E-state index contributed by atoms with van der Waals surface area (Å²) in [6.45, 7) is 0. The number of carbonyl (C=O) groups is 1. The fourth-order valence-corrected chi connectivity index (χ4v) is 1.64. The van der Waals surface area contributed by atoms with E-state index in [4.69, 9.17) is 11.6 Å². The van der Waals surface area contributed by atoms with Crippen LogP contribution in [0.1, 0.15) is 5.56 Å². The monoisotopic (exact) mass is 290 g/mol. The third kappa shape index (κ3) is 4.10. The second-order valence-electron chi connectivity index (χ2n) is 3.96. The van der Waals surface area contributed by atoms with Gasteiger partial charge >= 0.3 is 6.03 Å². The fourth-order valence-electron chi connectivity index (χ4n) is 1.52. The van der Waals surface area contributed by atoms with Gasteiger partial charge in [0, 0.05) is 22.5 Å². The lowest BCUT2D eigenvalue weighted by Crippen LogP contribution is -2.23. The summed E-state index contributed by atoms with van der Waals surface area (Å²) in [6.07, 6.45) is 2.86. The molecule has 2 aromatic rings. The topological polar surface area (TPSA) is 41.1 Å². The normalized spacial score (nSPS) is 10.5. The number of amides is 2. The van der Waals surface area contributed by atoms with Gasteiger partial charge in [-0.25, -0.2) is 9.18 Å². The summed E-state index contributed by atoms with van der Waals surface area (Å²) in [6, 6.07) is 12.6. The van der Waals surface area contributed by atoms with E-state index in [-0.39, 0.29) is 5.82 Å². The molecule has 0 atom stereocenters. The van der Waals surface area contributed by atoms with Crippen LogP contribution in [-0.2, 0) is 0 Å². The van der Waals surface area contributed by atoms with Gasteiger partial charge in [0.25, 0.3) is 0 Å². The number of halogens is 2. The van der Waals surface area contributed by atoms with Crippen LogP contribution in [0.15, 0.2) is 54.7 Å². The zero-order valence-corrected chi connectivity index (χ0v) is 11.2. The number of hydrogen-bond acceptors (Lipinski definition) is 1. The molecule has 2 amide bonds. The van der Waals surface area contributed by atoms with E-state index in [0.717, 1.165) is 0 Å². The third-order valence-corrected chi connectivity index (χ3v) is 2.74. The van der Waals surface area contributed by atoms with Crippen LogP contribution in [0.25, 0.3) is 6.08 Å². The minimum atomic E-state index is -0.417. The Labute approximate surface area is 121 Å². The van der Waals surface area contributed by atoms with Crippen molar-refractivity contribution in [1.29, 1.82) is 0 Å². The van der Waals surface area contributed by atoms with Crippen molar-refractivity contribution in [3.05, 3.63) is 71.1 Å². The molecule has 0 aliphatic carbocycles. The lowest BCUT2D eigenvalue weighted by atomic mass is 10.2. The van der Waals surface area contributed by atoms with Crippen molar-refractivity contribution in [2.24, 2.45) is 0 Å². The van der Waals surface area contributed by atoms with Crippen LogP contribution in [0.2, 0.25) is 5.02 Å². The van der Waals surface area contributed by atoms with E-state index >= 15 is 0 Å². The second kappa shape index (κ2) is 6.73. The molecule has 2 rings (SSSR count). The highest BCUT2D eigenvalue weighted by Crippen LogP contribution is 2.13. The molecule has 0 spiro atoms. The van der Waals surface area contributed by atoms with Gasteiger partial charge in [-0.1, -0.05) is 29.8 Å². The van der Waals surface area contributed by atoms with Crippen LogP contribution in [0.5, 0.6) is 0 Å². The van der Waals surface area contributed by atoms with Gasteiger partial charge in [0.15, 0.2) is 0 Å². The molecule has 0 saturated carbocycles. The second-order valence-corrected chi connectivity index (χ2v) is 4.40. The van der Waals surface area contributed by atoms with Gasteiger partial charge in [-0.05, 0) is 36.4 Å². The maximum absolute atomic E-state index is 13.3. The van der Waals surface area contributed by atoms with Crippen LogP contribution in [0.4, 0.5) is 14.9 Å². The molecule has 5 heteroatoms. The Morgan fingerprint density at radius 1 is 1.10 bits per heavy atom. The van der Waals surface area contributed by atoms with Crippen LogP contribution in [0.3, 0.4) is 0 Å². The molecule has 0 aliphatic rings. The average Bonchev–Trinajstić information content (AvgIpc) is 2.43. The van der Waals surface area contributed by atoms with E-state index in [2.05, 4.69) is 10.6 Å². The minimum Gasteiger partial charge on any atom is -0.314 e. The van der Waals surface area contributed by atoms with Gasteiger partial charge in [0.1, 0.15) is 5.82 Å². The molecule has 2 N–H and O–H groups in total. The molecule has 0 heterocycles. The Morgan fingerprint density at radius 2 is 1.80 bits per heavy atom. The van der Waals surface area contributed by atoms with Crippen molar-refractivity contribution in [2.75, 3.05) is 5.32 Å². The summed E-state index contributed by atoms with van der Waals surface area (Å²) in [7, 11) is 0. The molecule has 0 aliphatic heterocycles. The Morgan fingerprint density at radius 3 is 2.50 bits per heavy atom. The highest BCUT2D eigenvalue weighted by Gasteiger charge is 1.99. The molecule has 3 nitrogen and oxygen atoms in total. The van der Waals surface area contributed by atoms with Crippen molar-refractivity contribution in [3.63, 3.8) is 0 Å². The van der Waals surface area contributed by atoms with Crippen molar-refractivity contribution in [2.45, 2.75) is 0 Å². The maximum atomic E-state index is 13.3. The van der Waals surface area contributed by atoms with Crippen LogP contribution in [-0.4, -0.2) is 6.03 Å². The first-order chi connectivity index (χ1) is 9.65. The van der Waals surface area contributed by atoms with Crippen LogP contribution < -0.4 is 10.6 Å². The Bertz CT molecular complexity index is 626. The Hall–Kier alpha value is -2.33. The van der Waals surface area contributed by atoms with E-state index in [9.17, 15) is 9.18 Å². The summed E-state index contributed by atoms with van der Waals surface area (Å²) >= 11 is 5.74. The molecule has 20 heavy (non-hydrogen) atoms. The lowest BCUT2D eigenvalue weighted by molar-refractivity contribution is 0.255. The van der Waals surface area contributed by atoms with Crippen molar-refractivity contribution < 1.29 is 9.18 Å². The molecule has 102 valence electrons. The SMILES string of the molecule is O=C(N/C=C/c1ccccc1F)Nc1ccc(Cl)cc1. The van der Waals surface area contributed by atoms with Crippen molar-refractivity contribution in [3.8, 4) is 0 Å². The Balaban J connectivity index is 1.89. The number of benzene rings is 2. The lowest BCUT2D eigenvalue weighted by Gasteiger charge is -2.04. The summed E-state index contributed by atoms with van der Waals surface area (Å²) in [5.41, 5.74) is 1.02. The number of nitrogens with one attached hydrogen (secondary N) is 2. The van der Waals surface area contributed by atoms with E-state index in [0.29, 0.717) is 16.3 Å². The van der Waals surface area contributed by atoms with Crippen LogP contribution in [0, 0.1) is 5.82 Å². The molecule has 0 radical (unpaired) electrons. The molecule has 0 unspecified atom stereocenters. The highest BCUT2D eigenvalue weighted by molar-refractivity contribution is 6.30. The molecule has 0 bridgehead atoms. The summed E-state index contributed by atoms with van der Waals surface area (Å²) in [5, 5.41) is 5.70. The minimum absolute atomic E-state index is 0.344. The van der Waals surface area contributed by atoms with E-state index in [1.165, 1.54) is 18.3 Å². The molecule has 0 aromatic heterocycles. The first-order valence-corrected chi connectivity index (χ1v) is 6.27. The fraction of sp³-hybridized carbons (Fsp3) is 0. The quantitative estimate of drug-likeness (QED) is 0.871. The molecular formula is C15H12ClFN2O. The van der Waals surface area contributed by atoms with E-state index < -0.39 is 6.03 Å². The van der Waals surface area contributed by atoms with Crippen molar-refractivity contribution in [1.82, 2.24) is 5.32 Å². The average molecular weight is 291 g/mol. The number of urea groups is 1. The van der Waals surface area contributed by atoms with Gasteiger partial charge in [-0.2, -0.15) is 0 Å². The third-order valence-electron chi connectivity index (χ3n) is 2.48. The smallest absolute Gasteiger partial charge is 0.314 e. The molecule has 0 fully saturated rings. The summed E-state index contributed by atoms with van der Waals surface area (Å²) < 4.78 is 13.3. The number of rotatable bonds is 3. The van der Waals surface area contributed by atoms with Crippen molar-refractivity contribution >= 4 is 29.4 Å². The van der Waals surface area contributed by atoms with Gasteiger partial charge in [-0.15, -0.1) is 0 Å². The number of carbonyl (C=O) groups excluding carboxylic acids is 1. The highest BCUT2D eigenvalue weighted by atomic mass is 35.5. The van der Waals surface area contributed by atoms with E-state index in [1.807, 2.05) is 0 Å². The molecule has 2 aromatic carbocycles. The van der Waals surface area contributed by atoms with Gasteiger partial charge in [-0.3, -0.25) is 0 Å². The first-order valence-electron chi connectivity index (χ1n) is 5.89. The molecule has 0 saturated heterocycles. The zero-order valence-electron chi connectivity index (χ0n) is 10.4. The largest absolute Gasteiger partial charge is 0.323 e.